The average Bonchev–Trinajstić information content (AvgIpc) is 3.27. The van der Waals surface area contributed by atoms with Gasteiger partial charge < -0.3 is 4.42 Å². The van der Waals surface area contributed by atoms with Crippen LogP contribution >= 0.6 is 0 Å². The van der Waals surface area contributed by atoms with E-state index in [1.807, 2.05) is 36.5 Å². The van der Waals surface area contributed by atoms with E-state index < -0.39 is 0 Å². The first-order valence-corrected chi connectivity index (χ1v) is 11.0. The van der Waals surface area contributed by atoms with Crippen LogP contribution < -0.4 is 0 Å². The Kier molecular flexibility index (Phi) is 3.84. The van der Waals surface area contributed by atoms with E-state index >= 15 is 0 Å². The predicted molar refractivity (Wildman–Crippen MR) is 135 cm³/mol. The molecule has 3 heteroatoms. The highest BCUT2D eigenvalue weighted by Crippen LogP contribution is 2.37. The monoisotopic (exact) mass is 422 g/mol. The highest BCUT2D eigenvalue weighted by molar-refractivity contribution is 6.11. The molecule has 0 N–H and O–H groups in total. The van der Waals surface area contributed by atoms with Crippen LogP contribution in [0.4, 0.5) is 0 Å². The lowest BCUT2D eigenvalue weighted by molar-refractivity contribution is 0.670. The van der Waals surface area contributed by atoms with Gasteiger partial charge in [0.15, 0.2) is 0 Å². The van der Waals surface area contributed by atoms with Crippen LogP contribution in [0.2, 0.25) is 0 Å². The molecule has 0 spiro atoms. The van der Waals surface area contributed by atoms with Gasteiger partial charge in [0.25, 0.3) is 0 Å². The maximum atomic E-state index is 6.28. The van der Waals surface area contributed by atoms with Crippen LogP contribution in [0.3, 0.4) is 0 Å². The number of hydrogen-bond acceptors (Lipinski definition) is 3. The van der Waals surface area contributed by atoms with Gasteiger partial charge in [-0.2, -0.15) is 0 Å². The number of hydrogen-bond donors (Lipinski definition) is 0. The lowest BCUT2D eigenvalue weighted by atomic mass is 9.99. The summed E-state index contributed by atoms with van der Waals surface area (Å²) in [4.78, 5) is 9.74. The molecule has 154 valence electrons. The molecule has 0 saturated heterocycles. The first-order valence-electron chi connectivity index (χ1n) is 11.0. The van der Waals surface area contributed by atoms with E-state index in [1.54, 1.807) is 0 Å². The zero-order valence-electron chi connectivity index (χ0n) is 17.7. The van der Waals surface area contributed by atoms with Gasteiger partial charge in [0.05, 0.1) is 16.9 Å². The summed E-state index contributed by atoms with van der Waals surface area (Å²) in [6, 6.07) is 35.3. The van der Waals surface area contributed by atoms with Gasteiger partial charge in [-0.3, -0.25) is 4.98 Å². The second kappa shape index (κ2) is 7.01. The van der Waals surface area contributed by atoms with Gasteiger partial charge in [0.2, 0.25) is 0 Å². The molecule has 0 amide bonds. The molecule has 0 unspecified atom stereocenters. The molecule has 3 nitrogen and oxygen atoms in total. The van der Waals surface area contributed by atoms with Gasteiger partial charge in [-0.1, -0.05) is 78.9 Å². The summed E-state index contributed by atoms with van der Waals surface area (Å²) in [5.41, 5.74) is 6.62. The Morgan fingerprint density at radius 3 is 2.21 bits per heavy atom. The Labute approximate surface area is 190 Å². The third-order valence-corrected chi connectivity index (χ3v) is 6.33. The van der Waals surface area contributed by atoms with Crippen molar-refractivity contribution in [1.29, 1.82) is 0 Å². The number of furan rings is 1. The van der Waals surface area contributed by atoms with Crippen molar-refractivity contribution in [2.75, 3.05) is 0 Å². The molecule has 0 radical (unpaired) electrons. The number of nitrogens with zero attached hydrogens (tertiary/aromatic N) is 2. The van der Waals surface area contributed by atoms with Gasteiger partial charge >= 0.3 is 0 Å². The molecule has 0 aliphatic carbocycles. The standard InChI is InChI=1S/C30H18N2O/c1-2-11-24-21(8-1)22-9-3-5-14-26(22)32-29(24)27-18-19(16-17-31-27)20-12-7-13-25-23-10-4-6-15-28(23)33-30(20)25/h1-18H. The highest BCUT2D eigenvalue weighted by Gasteiger charge is 2.15. The fraction of sp³-hybridized carbons (Fsp3) is 0. The van der Waals surface area contributed by atoms with Gasteiger partial charge in [0.1, 0.15) is 11.2 Å². The van der Waals surface area contributed by atoms with Crippen molar-refractivity contribution in [2.45, 2.75) is 0 Å². The fourth-order valence-corrected chi connectivity index (χ4v) is 4.80. The SMILES string of the molecule is c1ccc2c(c1)nc(-c1cc(-c3cccc4c3oc3ccccc34)ccn1)c1ccccc12. The van der Waals surface area contributed by atoms with Crippen molar-refractivity contribution in [2.24, 2.45) is 0 Å². The minimum atomic E-state index is 0.850. The Bertz CT molecular complexity index is 1830. The van der Waals surface area contributed by atoms with E-state index in [2.05, 4.69) is 72.8 Å². The zero-order chi connectivity index (χ0) is 21.8. The van der Waals surface area contributed by atoms with E-state index in [0.29, 0.717) is 0 Å². The number of fused-ring (bicyclic) bond motifs is 6. The minimum absolute atomic E-state index is 0.850. The molecule has 0 saturated carbocycles. The highest BCUT2D eigenvalue weighted by atomic mass is 16.3. The van der Waals surface area contributed by atoms with Gasteiger partial charge in [-0.15, -0.1) is 0 Å². The summed E-state index contributed by atoms with van der Waals surface area (Å²) in [6.07, 6.45) is 1.86. The van der Waals surface area contributed by atoms with Crippen molar-refractivity contribution < 1.29 is 4.42 Å². The van der Waals surface area contributed by atoms with Crippen LogP contribution in [0, 0.1) is 0 Å². The van der Waals surface area contributed by atoms with E-state index in [9.17, 15) is 0 Å². The summed E-state index contributed by atoms with van der Waals surface area (Å²) in [5, 5.41) is 5.69. The molecule has 7 rings (SSSR count). The summed E-state index contributed by atoms with van der Waals surface area (Å²) in [6.45, 7) is 0. The molecule has 33 heavy (non-hydrogen) atoms. The third kappa shape index (κ3) is 2.76. The zero-order valence-corrected chi connectivity index (χ0v) is 17.7. The largest absolute Gasteiger partial charge is 0.455 e. The molecule has 0 fully saturated rings. The molecule has 3 aromatic heterocycles. The van der Waals surface area contributed by atoms with Crippen LogP contribution in [0.15, 0.2) is 114 Å². The maximum absolute atomic E-state index is 6.28. The van der Waals surface area contributed by atoms with Crippen molar-refractivity contribution in [3.05, 3.63) is 109 Å². The van der Waals surface area contributed by atoms with Gasteiger partial charge in [-0.25, -0.2) is 4.98 Å². The quantitative estimate of drug-likeness (QED) is 0.265. The normalized spacial score (nSPS) is 11.6. The molecule has 4 aromatic carbocycles. The summed E-state index contributed by atoms with van der Waals surface area (Å²) < 4.78 is 6.28. The van der Waals surface area contributed by atoms with Crippen molar-refractivity contribution in [3.63, 3.8) is 0 Å². The molecule has 0 bridgehead atoms. The first-order chi connectivity index (χ1) is 16.4. The van der Waals surface area contributed by atoms with Crippen LogP contribution in [0.5, 0.6) is 0 Å². The van der Waals surface area contributed by atoms with Crippen LogP contribution in [-0.2, 0) is 0 Å². The third-order valence-electron chi connectivity index (χ3n) is 6.33. The summed E-state index contributed by atoms with van der Waals surface area (Å²) in [5.74, 6) is 0. The number of pyridine rings is 2. The van der Waals surface area contributed by atoms with Crippen LogP contribution in [-0.4, -0.2) is 9.97 Å². The summed E-state index contributed by atoms with van der Waals surface area (Å²) in [7, 11) is 0. The predicted octanol–water partition coefficient (Wildman–Crippen LogP) is 8.02. The number of benzene rings is 4. The van der Waals surface area contributed by atoms with Crippen molar-refractivity contribution >= 4 is 43.6 Å². The second-order valence-electron chi connectivity index (χ2n) is 8.23. The Morgan fingerprint density at radius 1 is 0.576 bits per heavy atom. The Balaban J connectivity index is 1.48. The van der Waals surface area contributed by atoms with E-state index in [-0.39, 0.29) is 0 Å². The second-order valence-corrected chi connectivity index (χ2v) is 8.23. The minimum Gasteiger partial charge on any atom is -0.455 e. The van der Waals surface area contributed by atoms with Crippen LogP contribution in [0.25, 0.3) is 66.1 Å². The molecule has 0 aliphatic heterocycles. The number of rotatable bonds is 2. The molecule has 7 aromatic rings. The topological polar surface area (TPSA) is 38.9 Å². The number of aromatic nitrogens is 2. The van der Waals surface area contributed by atoms with E-state index in [4.69, 9.17) is 14.4 Å². The van der Waals surface area contributed by atoms with Gasteiger partial charge in [0, 0.05) is 33.3 Å². The molecular weight excluding hydrogens is 404 g/mol. The number of para-hydroxylation sites is 3. The molecular formula is C30H18N2O. The maximum Gasteiger partial charge on any atom is 0.143 e. The molecule has 0 atom stereocenters. The smallest absolute Gasteiger partial charge is 0.143 e. The summed E-state index contributed by atoms with van der Waals surface area (Å²) >= 11 is 0. The van der Waals surface area contributed by atoms with Crippen LogP contribution in [0.1, 0.15) is 0 Å². The lowest BCUT2D eigenvalue weighted by Gasteiger charge is -2.10. The van der Waals surface area contributed by atoms with E-state index in [0.717, 1.165) is 60.7 Å². The van der Waals surface area contributed by atoms with Crippen molar-refractivity contribution in [3.8, 4) is 22.5 Å². The average molecular weight is 422 g/mol. The lowest BCUT2D eigenvalue weighted by Crippen LogP contribution is -1.92. The fourth-order valence-electron chi connectivity index (χ4n) is 4.80. The Morgan fingerprint density at radius 2 is 1.30 bits per heavy atom. The Hall–Kier alpha value is -4.50. The van der Waals surface area contributed by atoms with Crippen molar-refractivity contribution in [1.82, 2.24) is 9.97 Å². The molecule has 3 heterocycles. The first kappa shape index (κ1) is 18.1. The van der Waals surface area contributed by atoms with Gasteiger partial charge in [-0.05, 0) is 35.2 Å². The molecule has 0 aliphatic rings. The van der Waals surface area contributed by atoms with E-state index in [1.165, 1.54) is 5.39 Å².